The van der Waals surface area contributed by atoms with Gasteiger partial charge in [0.25, 0.3) is 5.91 Å². The van der Waals surface area contributed by atoms with Crippen LogP contribution in [0.5, 0.6) is 0 Å². The van der Waals surface area contributed by atoms with Crippen molar-refractivity contribution >= 4 is 37.8 Å². The molecule has 1 heterocycles. The van der Waals surface area contributed by atoms with Crippen LogP contribution in [0, 0.1) is 0 Å². The van der Waals surface area contributed by atoms with Crippen LogP contribution in [-0.4, -0.2) is 37.0 Å². The highest BCUT2D eigenvalue weighted by Crippen LogP contribution is 2.24. The van der Waals surface area contributed by atoms with Crippen molar-refractivity contribution in [3.05, 3.63) is 32.7 Å². The van der Waals surface area contributed by atoms with E-state index in [-0.39, 0.29) is 5.91 Å². The van der Waals surface area contributed by atoms with E-state index in [0.717, 1.165) is 40.4 Å². The van der Waals surface area contributed by atoms with Gasteiger partial charge >= 0.3 is 0 Å². The topological polar surface area (TPSA) is 32.3 Å². The first-order chi connectivity index (χ1) is 9.11. The third kappa shape index (κ3) is 3.80. The standard InChI is InChI=1S/C14H18Br2N2O/c1-17-9-13-4-2-3-5-18(13)14(19)10-6-11(15)8-12(16)7-10/h6-8,13,17H,2-5,9H2,1H3. The number of nitrogens with zero attached hydrogens (tertiary/aromatic N) is 1. The maximum Gasteiger partial charge on any atom is 0.254 e. The first-order valence-electron chi connectivity index (χ1n) is 6.53. The van der Waals surface area contributed by atoms with E-state index in [1.165, 1.54) is 6.42 Å². The summed E-state index contributed by atoms with van der Waals surface area (Å²) in [7, 11) is 1.94. The summed E-state index contributed by atoms with van der Waals surface area (Å²) in [5, 5.41) is 3.18. The highest BCUT2D eigenvalue weighted by atomic mass is 79.9. The number of piperidine rings is 1. The largest absolute Gasteiger partial charge is 0.334 e. The highest BCUT2D eigenvalue weighted by molar-refractivity contribution is 9.11. The summed E-state index contributed by atoms with van der Waals surface area (Å²) in [6.07, 6.45) is 3.39. The summed E-state index contributed by atoms with van der Waals surface area (Å²) in [4.78, 5) is 14.7. The van der Waals surface area contributed by atoms with E-state index in [2.05, 4.69) is 37.2 Å². The van der Waals surface area contributed by atoms with Crippen molar-refractivity contribution < 1.29 is 4.79 Å². The smallest absolute Gasteiger partial charge is 0.254 e. The minimum absolute atomic E-state index is 0.127. The Morgan fingerprint density at radius 1 is 1.32 bits per heavy atom. The lowest BCUT2D eigenvalue weighted by molar-refractivity contribution is 0.0615. The van der Waals surface area contributed by atoms with Gasteiger partial charge in [-0.2, -0.15) is 0 Å². The fraction of sp³-hybridized carbons (Fsp3) is 0.500. The van der Waals surface area contributed by atoms with Crippen LogP contribution in [0.4, 0.5) is 0 Å². The average Bonchev–Trinajstić information content (AvgIpc) is 2.38. The molecule has 1 aliphatic rings. The molecular weight excluding hydrogens is 372 g/mol. The Labute approximate surface area is 131 Å². The molecule has 1 fully saturated rings. The molecule has 0 saturated carbocycles. The monoisotopic (exact) mass is 388 g/mol. The van der Waals surface area contributed by atoms with Gasteiger partial charge in [0.05, 0.1) is 0 Å². The molecule has 0 radical (unpaired) electrons. The second kappa shape index (κ2) is 6.86. The molecule has 1 saturated heterocycles. The molecule has 104 valence electrons. The van der Waals surface area contributed by atoms with E-state index >= 15 is 0 Å². The average molecular weight is 390 g/mol. The van der Waals surface area contributed by atoms with E-state index < -0.39 is 0 Å². The third-order valence-electron chi connectivity index (χ3n) is 3.44. The molecule has 2 rings (SSSR count). The van der Waals surface area contributed by atoms with Gasteiger partial charge in [0.2, 0.25) is 0 Å². The molecule has 3 nitrogen and oxygen atoms in total. The normalized spacial score (nSPS) is 19.5. The zero-order valence-electron chi connectivity index (χ0n) is 11.0. The predicted octanol–water partition coefficient (Wildman–Crippen LogP) is 3.43. The van der Waals surface area contributed by atoms with Gasteiger partial charge in [-0.25, -0.2) is 0 Å². The Morgan fingerprint density at radius 2 is 2.00 bits per heavy atom. The minimum atomic E-state index is 0.127. The second-order valence-corrected chi connectivity index (χ2v) is 6.70. The van der Waals surface area contributed by atoms with E-state index in [1.807, 2.05) is 30.1 Å². The molecule has 1 amide bonds. The Hall–Kier alpha value is -0.390. The lowest BCUT2D eigenvalue weighted by atomic mass is 10.0. The van der Waals surface area contributed by atoms with Gasteiger partial charge in [-0.15, -0.1) is 0 Å². The molecule has 1 atom stereocenters. The zero-order chi connectivity index (χ0) is 13.8. The molecule has 0 spiro atoms. The third-order valence-corrected chi connectivity index (χ3v) is 4.35. The number of likely N-dealkylation sites (N-methyl/N-ethyl adjacent to an activating group) is 1. The summed E-state index contributed by atoms with van der Waals surface area (Å²) >= 11 is 6.88. The zero-order valence-corrected chi connectivity index (χ0v) is 14.1. The second-order valence-electron chi connectivity index (χ2n) is 4.86. The lowest BCUT2D eigenvalue weighted by Crippen LogP contribution is -2.48. The van der Waals surface area contributed by atoms with Crippen LogP contribution >= 0.6 is 31.9 Å². The number of hydrogen-bond acceptors (Lipinski definition) is 2. The van der Waals surface area contributed by atoms with Gasteiger partial charge in [0, 0.05) is 33.6 Å². The number of carbonyl (C=O) groups excluding carboxylic acids is 1. The van der Waals surface area contributed by atoms with Crippen LogP contribution < -0.4 is 5.32 Å². The minimum Gasteiger partial charge on any atom is -0.334 e. The van der Waals surface area contributed by atoms with Crippen molar-refractivity contribution in [2.75, 3.05) is 20.1 Å². The number of halogens is 2. The molecular formula is C14H18Br2N2O. The van der Waals surface area contributed by atoms with Gasteiger partial charge in [-0.1, -0.05) is 31.9 Å². The number of amides is 1. The summed E-state index contributed by atoms with van der Waals surface area (Å²) in [6.45, 7) is 1.72. The van der Waals surface area contributed by atoms with Crippen molar-refractivity contribution in [2.45, 2.75) is 25.3 Å². The quantitative estimate of drug-likeness (QED) is 0.858. The maximum atomic E-state index is 12.6. The van der Waals surface area contributed by atoms with Crippen LogP contribution in [0.3, 0.4) is 0 Å². The molecule has 1 aliphatic heterocycles. The number of nitrogens with one attached hydrogen (secondary N) is 1. The Kier molecular flexibility index (Phi) is 5.42. The molecule has 19 heavy (non-hydrogen) atoms. The Bertz CT molecular complexity index is 443. The first kappa shape index (κ1) is 15.0. The molecule has 0 bridgehead atoms. The first-order valence-corrected chi connectivity index (χ1v) is 8.12. The van der Waals surface area contributed by atoms with Gasteiger partial charge in [0.15, 0.2) is 0 Å². The van der Waals surface area contributed by atoms with E-state index in [1.54, 1.807) is 0 Å². The van der Waals surface area contributed by atoms with Gasteiger partial charge in [-0.05, 0) is 44.5 Å². The lowest BCUT2D eigenvalue weighted by Gasteiger charge is -2.35. The Morgan fingerprint density at radius 3 is 2.63 bits per heavy atom. The molecule has 1 N–H and O–H groups in total. The summed E-state index contributed by atoms with van der Waals surface area (Å²) in [5.41, 5.74) is 0.740. The number of hydrogen-bond donors (Lipinski definition) is 1. The summed E-state index contributed by atoms with van der Waals surface area (Å²) in [6, 6.07) is 6.03. The molecule has 1 aromatic carbocycles. The van der Waals surface area contributed by atoms with Crippen molar-refractivity contribution in [1.29, 1.82) is 0 Å². The van der Waals surface area contributed by atoms with E-state index in [9.17, 15) is 4.79 Å². The van der Waals surface area contributed by atoms with Crippen molar-refractivity contribution in [1.82, 2.24) is 10.2 Å². The van der Waals surface area contributed by atoms with Crippen molar-refractivity contribution in [3.8, 4) is 0 Å². The van der Waals surface area contributed by atoms with Gasteiger partial charge in [-0.3, -0.25) is 4.79 Å². The van der Waals surface area contributed by atoms with E-state index in [4.69, 9.17) is 0 Å². The van der Waals surface area contributed by atoms with E-state index in [0.29, 0.717) is 6.04 Å². The van der Waals surface area contributed by atoms with Gasteiger partial charge in [0.1, 0.15) is 0 Å². The summed E-state index contributed by atoms with van der Waals surface area (Å²) in [5.74, 6) is 0.127. The van der Waals surface area contributed by atoms with Crippen molar-refractivity contribution in [3.63, 3.8) is 0 Å². The fourth-order valence-electron chi connectivity index (χ4n) is 2.56. The number of carbonyl (C=O) groups is 1. The molecule has 5 heteroatoms. The molecule has 0 aromatic heterocycles. The highest BCUT2D eigenvalue weighted by Gasteiger charge is 2.27. The maximum absolute atomic E-state index is 12.6. The molecule has 1 aromatic rings. The van der Waals surface area contributed by atoms with Crippen molar-refractivity contribution in [2.24, 2.45) is 0 Å². The molecule has 0 aliphatic carbocycles. The number of benzene rings is 1. The Balaban J connectivity index is 2.20. The van der Waals surface area contributed by atoms with Crippen LogP contribution in [0.1, 0.15) is 29.6 Å². The SMILES string of the molecule is CNCC1CCCCN1C(=O)c1cc(Br)cc(Br)c1. The fourth-order valence-corrected chi connectivity index (χ4v) is 3.85. The predicted molar refractivity (Wildman–Crippen MR) is 84.4 cm³/mol. The molecule has 1 unspecified atom stereocenters. The van der Waals surface area contributed by atoms with Crippen LogP contribution in [0.2, 0.25) is 0 Å². The van der Waals surface area contributed by atoms with Crippen LogP contribution in [-0.2, 0) is 0 Å². The number of likely N-dealkylation sites (tertiary alicyclic amines) is 1. The van der Waals surface area contributed by atoms with Gasteiger partial charge < -0.3 is 10.2 Å². The summed E-state index contributed by atoms with van der Waals surface area (Å²) < 4.78 is 1.85. The van der Waals surface area contributed by atoms with Crippen LogP contribution in [0.15, 0.2) is 27.1 Å². The number of rotatable bonds is 3. The van der Waals surface area contributed by atoms with Crippen LogP contribution in [0.25, 0.3) is 0 Å².